The first-order valence-electron chi connectivity index (χ1n) is 5.13. The Bertz CT molecular complexity index is 592. The molecule has 2 aromatic carbocycles. The molecule has 0 saturated heterocycles. The van der Waals surface area contributed by atoms with Crippen molar-refractivity contribution >= 4 is 21.8 Å². The fourth-order valence-electron chi connectivity index (χ4n) is 2.13. The molecule has 0 radical (unpaired) electrons. The van der Waals surface area contributed by atoms with Gasteiger partial charge in [-0.05, 0) is 18.2 Å². The highest BCUT2D eigenvalue weighted by atomic mass is 35.5. The van der Waals surface area contributed by atoms with Gasteiger partial charge in [-0.15, -0.1) is 0 Å². The fraction of sp³-hybridized carbons (Fsp3) is 0.0714. The van der Waals surface area contributed by atoms with Crippen molar-refractivity contribution in [2.45, 2.75) is 0 Å². The van der Waals surface area contributed by atoms with Crippen molar-refractivity contribution in [1.82, 2.24) is 0 Å². The number of nitrogens with zero attached hydrogens (tertiary/aromatic N) is 1. The van der Waals surface area contributed by atoms with Crippen molar-refractivity contribution in [2.24, 2.45) is 7.05 Å². The van der Waals surface area contributed by atoms with Gasteiger partial charge in [0.05, 0.1) is 0 Å². The Balaban J connectivity index is 0.000000963. The Morgan fingerprint density at radius 2 is 1.19 bits per heavy atom. The third-order valence-corrected chi connectivity index (χ3v) is 2.91. The van der Waals surface area contributed by atoms with Gasteiger partial charge in [-0.2, -0.15) is 4.57 Å². The van der Waals surface area contributed by atoms with E-state index in [1.807, 2.05) is 0 Å². The molecule has 0 amide bonds. The lowest BCUT2D eigenvalue weighted by Crippen LogP contribution is -3.00. The molecule has 1 aromatic heterocycles. The zero-order chi connectivity index (χ0) is 10.3. The Morgan fingerprint density at radius 1 is 0.750 bits per heavy atom. The third kappa shape index (κ3) is 1.54. The van der Waals surface area contributed by atoms with Gasteiger partial charge in [0.1, 0.15) is 7.05 Å². The van der Waals surface area contributed by atoms with Gasteiger partial charge in [-0.25, -0.2) is 0 Å². The molecule has 0 spiro atoms. The van der Waals surface area contributed by atoms with Gasteiger partial charge in [0.15, 0.2) is 0 Å². The Morgan fingerprint density at radius 3 is 1.69 bits per heavy atom. The minimum Gasteiger partial charge on any atom is -1.00 e. The molecule has 0 unspecified atom stereocenters. The molecule has 0 aliphatic carbocycles. The first kappa shape index (κ1) is 10.9. The summed E-state index contributed by atoms with van der Waals surface area (Å²) in [6, 6.07) is 19.2. The number of hydrogen-bond donors (Lipinski definition) is 0. The number of rotatable bonds is 0. The van der Waals surface area contributed by atoms with Crippen LogP contribution in [0.15, 0.2) is 54.6 Å². The zero-order valence-corrected chi connectivity index (χ0v) is 9.78. The van der Waals surface area contributed by atoms with Crippen LogP contribution in [0.3, 0.4) is 0 Å². The number of fused-ring (bicyclic) bond motifs is 2. The standard InChI is InChI=1S/C14H12N.ClH/c1-15-13-8-4-2-6-11(13)10-12-7-3-5-9-14(12)15;/h2-10H,1H3;1H/q+1;/p-1. The van der Waals surface area contributed by atoms with Gasteiger partial charge < -0.3 is 12.4 Å². The van der Waals surface area contributed by atoms with E-state index in [0.29, 0.717) is 0 Å². The quantitative estimate of drug-likeness (QED) is 0.372. The Labute approximate surface area is 101 Å². The van der Waals surface area contributed by atoms with E-state index in [-0.39, 0.29) is 12.4 Å². The van der Waals surface area contributed by atoms with E-state index >= 15 is 0 Å². The molecule has 0 aliphatic rings. The van der Waals surface area contributed by atoms with Crippen LogP contribution < -0.4 is 17.0 Å². The van der Waals surface area contributed by atoms with Crippen molar-refractivity contribution in [3.8, 4) is 0 Å². The molecule has 16 heavy (non-hydrogen) atoms. The SMILES string of the molecule is C[n+]1c2ccccc2cc2ccccc21.[Cl-]. The Hall–Kier alpha value is -1.60. The van der Waals surface area contributed by atoms with E-state index in [1.54, 1.807) is 0 Å². The van der Waals surface area contributed by atoms with Crippen LogP contribution in [0.25, 0.3) is 21.8 Å². The normalized spacial score (nSPS) is 10.3. The first-order chi connectivity index (χ1) is 7.36. The molecule has 1 heterocycles. The molecule has 0 atom stereocenters. The van der Waals surface area contributed by atoms with Crippen molar-refractivity contribution in [2.75, 3.05) is 0 Å². The number of halogens is 1. The summed E-state index contributed by atoms with van der Waals surface area (Å²) in [5, 5.41) is 2.58. The van der Waals surface area contributed by atoms with Gasteiger partial charge in [0.25, 0.3) is 0 Å². The van der Waals surface area contributed by atoms with Gasteiger partial charge in [-0.1, -0.05) is 24.3 Å². The average Bonchev–Trinajstić information content (AvgIpc) is 2.30. The van der Waals surface area contributed by atoms with Crippen LogP contribution in [0.5, 0.6) is 0 Å². The molecule has 3 rings (SSSR count). The summed E-state index contributed by atoms with van der Waals surface area (Å²) in [5.41, 5.74) is 2.55. The highest BCUT2D eigenvalue weighted by Gasteiger charge is 2.08. The molecule has 0 bridgehead atoms. The predicted octanol–water partition coefficient (Wildman–Crippen LogP) is -0.179. The van der Waals surface area contributed by atoms with Crippen LogP contribution in [0, 0.1) is 0 Å². The van der Waals surface area contributed by atoms with Crippen LogP contribution in [0.4, 0.5) is 0 Å². The maximum atomic E-state index is 2.24. The highest BCUT2D eigenvalue weighted by Crippen LogP contribution is 2.16. The van der Waals surface area contributed by atoms with Crippen LogP contribution in [0.2, 0.25) is 0 Å². The second kappa shape index (κ2) is 4.11. The summed E-state index contributed by atoms with van der Waals surface area (Å²) < 4.78 is 2.24. The first-order valence-corrected chi connectivity index (χ1v) is 5.13. The second-order valence-corrected chi connectivity index (χ2v) is 3.82. The van der Waals surface area contributed by atoms with Crippen LogP contribution in [0.1, 0.15) is 0 Å². The van der Waals surface area contributed by atoms with Gasteiger partial charge in [-0.3, -0.25) is 0 Å². The van der Waals surface area contributed by atoms with E-state index < -0.39 is 0 Å². The summed E-state index contributed by atoms with van der Waals surface area (Å²) in [6.45, 7) is 0. The molecule has 3 aromatic rings. The molecule has 80 valence electrons. The minimum atomic E-state index is 0. The summed E-state index contributed by atoms with van der Waals surface area (Å²) >= 11 is 0. The van der Waals surface area contributed by atoms with E-state index in [9.17, 15) is 0 Å². The lowest BCUT2D eigenvalue weighted by molar-refractivity contribution is -0.617. The zero-order valence-electron chi connectivity index (χ0n) is 9.02. The molecule has 0 saturated carbocycles. The Kier molecular flexibility index (Phi) is 2.80. The van der Waals surface area contributed by atoms with Gasteiger partial charge in [0.2, 0.25) is 11.0 Å². The van der Waals surface area contributed by atoms with Crippen molar-refractivity contribution in [3.05, 3.63) is 54.6 Å². The lowest BCUT2D eigenvalue weighted by Gasteiger charge is -2.00. The van der Waals surface area contributed by atoms with Crippen molar-refractivity contribution in [3.63, 3.8) is 0 Å². The number of aromatic nitrogens is 1. The van der Waals surface area contributed by atoms with E-state index in [0.717, 1.165) is 0 Å². The lowest BCUT2D eigenvalue weighted by atomic mass is 10.1. The number of benzene rings is 2. The second-order valence-electron chi connectivity index (χ2n) is 3.82. The largest absolute Gasteiger partial charge is 1.00 e. The number of aryl methyl sites for hydroxylation is 1. The van der Waals surface area contributed by atoms with Gasteiger partial charge in [0, 0.05) is 22.9 Å². The molecule has 1 nitrogen and oxygen atoms in total. The maximum absolute atomic E-state index is 2.24. The molecule has 0 aliphatic heterocycles. The minimum absolute atomic E-state index is 0. The topological polar surface area (TPSA) is 3.88 Å². The smallest absolute Gasteiger partial charge is 0.212 e. The molecule has 0 N–H and O–H groups in total. The summed E-state index contributed by atoms with van der Waals surface area (Å²) in [6.07, 6.45) is 0. The summed E-state index contributed by atoms with van der Waals surface area (Å²) in [5.74, 6) is 0. The maximum Gasteiger partial charge on any atom is 0.212 e. The fourth-order valence-corrected chi connectivity index (χ4v) is 2.13. The molecule has 2 heteroatoms. The van der Waals surface area contributed by atoms with E-state index in [4.69, 9.17) is 0 Å². The van der Waals surface area contributed by atoms with E-state index in [2.05, 4.69) is 66.2 Å². The van der Waals surface area contributed by atoms with Crippen LogP contribution >= 0.6 is 0 Å². The predicted molar refractivity (Wildman–Crippen MR) is 62.6 cm³/mol. The van der Waals surface area contributed by atoms with Crippen molar-refractivity contribution < 1.29 is 17.0 Å². The summed E-state index contributed by atoms with van der Waals surface area (Å²) in [4.78, 5) is 0. The van der Waals surface area contributed by atoms with Crippen LogP contribution in [-0.4, -0.2) is 0 Å². The number of para-hydroxylation sites is 2. The van der Waals surface area contributed by atoms with E-state index in [1.165, 1.54) is 21.8 Å². The molecule has 0 fully saturated rings. The number of hydrogen-bond acceptors (Lipinski definition) is 0. The molecular weight excluding hydrogens is 218 g/mol. The summed E-state index contributed by atoms with van der Waals surface area (Å²) in [7, 11) is 2.12. The van der Waals surface area contributed by atoms with Crippen molar-refractivity contribution in [1.29, 1.82) is 0 Å². The molecular formula is C14H12ClN. The highest BCUT2D eigenvalue weighted by molar-refractivity contribution is 5.88. The average molecular weight is 230 g/mol. The number of pyridine rings is 1. The van der Waals surface area contributed by atoms with Gasteiger partial charge >= 0.3 is 0 Å². The third-order valence-electron chi connectivity index (χ3n) is 2.91. The monoisotopic (exact) mass is 229 g/mol. The van der Waals surface area contributed by atoms with Crippen LogP contribution in [-0.2, 0) is 7.05 Å².